The number of rotatable bonds is 5. The Labute approximate surface area is 176 Å². The molecule has 0 saturated carbocycles. The van der Waals surface area contributed by atoms with Gasteiger partial charge in [0.05, 0.1) is 5.02 Å². The first-order valence-corrected chi connectivity index (χ1v) is 9.51. The molecule has 0 unspecified atom stereocenters. The molecule has 10 heteroatoms. The van der Waals surface area contributed by atoms with Crippen LogP contribution in [0.4, 0.5) is 29.3 Å². The van der Waals surface area contributed by atoms with Gasteiger partial charge in [0.15, 0.2) is 0 Å². The zero-order chi connectivity index (χ0) is 21.7. The molecule has 1 heterocycles. The van der Waals surface area contributed by atoms with Gasteiger partial charge in [-0.25, -0.2) is 4.79 Å². The molecule has 6 nitrogen and oxygen atoms in total. The number of urea groups is 1. The quantitative estimate of drug-likeness (QED) is 0.663. The number of benzene rings is 2. The van der Waals surface area contributed by atoms with Crippen LogP contribution in [-0.2, 0) is 0 Å². The first-order valence-electron chi connectivity index (χ1n) is 9.13. The van der Waals surface area contributed by atoms with Gasteiger partial charge in [0.2, 0.25) is 0 Å². The normalized spacial score (nSPS) is 16.7. The van der Waals surface area contributed by atoms with E-state index in [2.05, 4.69) is 25.3 Å². The van der Waals surface area contributed by atoms with Crippen LogP contribution in [0.2, 0.25) is 5.02 Å². The zero-order valence-corrected chi connectivity index (χ0v) is 16.8. The third kappa shape index (κ3) is 6.03. The molecular weight excluding hydrogens is 421 g/mol. The molecule has 160 valence electrons. The lowest BCUT2D eigenvalue weighted by Crippen LogP contribution is -2.39. The fourth-order valence-corrected chi connectivity index (χ4v) is 3.39. The SMILES string of the molecule is CN=Cc1ccc(N2CC[C@@H](NC(=O)Nc3ccc(OC(F)(F)F)cc3)C2)cc1Cl. The number of alkyl halides is 3. The van der Waals surface area contributed by atoms with E-state index in [-0.39, 0.29) is 11.8 Å². The van der Waals surface area contributed by atoms with Crippen LogP contribution in [0.15, 0.2) is 47.5 Å². The van der Waals surface area contributed by atoms with Gasteiger partial charge in [-0.1, -0.05) is 11.6 Å². The van der Waals surface area contributed by atoms with E-state index in [1.54, 1.807) is 13.3 Å². The second kappa shape index (κ2) is 9.25. The van der Waals surface area contributed by atoms with Crippen molar-refractivity contribution in [2.75, 3.05) is 30.4 Å². The molecule has 2 N–H and O–H groups in total. The summed E-state index contributed by atoms with van der Waals surface area (Å²) in [4.78, 5) is 18.3. The van der Waals surface area contributed by atoms with Gasteiger partial charge in [-0.15, -0.1) is 13.2 Å². The Morgan fingerprint density at radius 3 is 2.63 bits per heavy atom. The summed E-state index contributed by atoms with van der Waals surface area (Å²) in [6.07, 6.45) is -2.32. The van der Waals surface area contributed by atoms with Gasteiger partial charge in [0.1, 0.15) is 5.75 Å². The maximum Gasteiger partial charge on any atom is 0.573 e. The molecule has 0 radical (unpaired) electrons. The Morgan fingerprint density at radius 1 is 1.27 bits per heavy atom. The highest BCUT2D eigenvalue weighted by Crippen LogP contribution is 2.26. The molecule has 2 aromatic rings. The molecule has 0 spiro atoms. The Bertz CT molecular complexity index is 919. The number of anilines is 2. The average molecular weight is 441 g/mol. The Morgan fingerprint density at radius 2 is 2.00 bits per heavy atom. The summed E-state index contributed by atoms with van der Waals surface area (Å²) in [7, 11) is 1.68. The molecule has 3 rings (SSSR count). The largest absolute Gasteiger partial charge is 0.573 e. The molecule has 2 amide bonds. The molecule has 1 atom stereocenters. The van der Waals surface area contributed by atoms with Crippen molar-refractivity contribution in [1.82, 2.24) is 5.32 Å². The summed E-state index contributed by atoms with van der Waals surface area (Å²) >= 11 is 6.28. The first-order chi connectivity index (χ1) is 14.2. The third-order valence-electron chi connectivity index (χ3n) is 4.49. The third-order valence-corrected chi connectivity index (χ3v) is 4.81. The number of carbonyl (C=O) groups is 1. The molecule has 30 heavy (non-hydrogen) atoms. The van der Waals surface area contributed by atoms with Crippen LogP contribution in [0.3, 0.4) is 0 Å². The summed E-state index contributed by atoms with van der Waals surface area (Å²) in [6, 6.07) is 10.2. The van der Waals surface area contributed by atoms with Gasteiger partial charge in [0.25, 0.3) is 0 Å². The average Bonchev–Trinajstić information content (AvgIpc) is 3.12. The molecular formula is C20H20ClF3N4O2. The summed E-state index contributed by atoms with van der Waals surface area (Å²) in [5.41, 5.74) is 2.15. The Kier molecular flexibility index (Phi) is 6.71. The van der Waals surface area contributed by atoms with Crippen LogP contribution in [0.1, 0.15) is 12.0 Å². The van der Waals surface area contributed by atoms with Crippen molar-refractivity contribution >= 4 is 35.2 Å². The van der Waals surface area contributed by atoms with Crippen LogP contribution in [0.5, 0.6) is 5.75 Å². The predicted octanol–water partition coefficient (Wildman–Crippen LogP) is 4.69. The molecule has 1 saturated heterocycles. The molecule has 1 aliphatic heterocycles. The van der Waals surface area contributed by atoms with Crippen molar-refractivity contribution in [3.05, 3.63) is 53.1 Å². The van der Waals surface area contributed by atoms with E-state index in [0.717, 1.165) is 36.3 Å². The lowest BCUT2D eigenvalue weighted by atomic mass is 10.2. The fourth-order valence-electron chi connectivity index (χ4n) is 3.16. The van der Waals surface area contributed by atoms with Crippen molar-refractivity contribution in [3.63, 3.8) is 0 Å². The van der Waals surface area contributed by atoms with E-state index < -0.39 is 12.4 Å². The molecule has 0 bridgehead atoms. The minimum absolute atomic E-state index is 0.0755. The van der Waals surface area contributed by atoms with E-state index >= 15 is 0 Å². The molecule has 2 aromatic carbocycles. The van der Waals surface area contributed by atoms with Crippen molar-refractivity contribution in [1.29, 1.82) is 0 Å². The fraction of sp³-hybridized carbons (Fsp3) is 0.300. The number of amides is 2. The zero-order valence-electron chi connectivity index (χ0n) is 16.0. The van der Waals surface area contributed by atoms with E-state index in [1.807, 2.05) is 18.2 Å². The highest BCUT2D eigenvalue weighted by molar-refractivity contribution is 6.33. The minimum atomic E-state index is -4.76. The van der Waals surface area contributed by atoms with E-state index in [4.69, 9.17) is 11.6 Å². The highest BCUT2D eigenvalue weighted by Gasteiger charge is 2.31. The second-order valence-electron chi connectivity index (χ2n) is 6.70. The van der Waals surface area contributed by atoms with Gasteiger partial charge in [0, 0.05) is 49.3 Å². The number of aliphatic imine (C=N–C) groups is 1. The second-order valence-corrected chi connectivity index (χ2v) is 7.10. The molecule has 0 aliphatic carbocycles. The highest BCUT2D eigenvalue weighted by atomic mass is 35.5. The number of hydrogen-bond acceptors (Lipinski definition) is 4. The van der Waals surface area contributed by atoms with Crippen LogP contribution in [-0.4, -0.2) is 44.8 Å². The van der Waals surface area contributed by atoms with Crippen molar-refractivity contribution in [2.24, 2.45) is 4.99 Å². The van der Waals surface area contributed by atoms with Gasteiger partial charge >= 0.3 is 12.4 Å². The maximum atomic E-state index is 12.2. The van der Waals surface area contributed by atoms with Crippen LogP contribution in [0, 0.1) is 0 Å². The van der Waals surface area contributed by atoms with Gasteiger partial charge in [-0.3, -0.25) is 4.99 Å². The van der Waals surface area contributed by atoms with Gasteiger partial charge in [-0.2, -0.15) is 0 Å². The smallest absolute Gasteiger partial charge is 0.406 e. The topological polar surface area (TPSA) is 66.0 Å². The van der Waals surface area contributed by atoms with Crippen molar-refractivity contribution in [3.8, 4) is 5.75 Å². The molecule has 1 aliphatic rings. The van der Waals surface area contributed by atoms with E-state index in [0.29, 0.717) is 17.3 Å². The number of hydrogen-bond donors (Lipinski definition) is 2. The van der Waals surface area contributed by atoms with Crippen LogP contribution in [0.25, 0.3) is 0 Å². The van der Waals surface area contributed by atoms with Gasteiger partial charge in [-0.05, 0) is 48.9 Å². The van der Waals surface area contributed by atoms with Crippen LogP contribution < -0.4 is 20.3 Å². The maximum absolute atomic E-state index is 12.2. The Balaban J connectivity index is 1.51. The number of ether oxygens (including phenoxy) is 1. The van der Waals surface area contributed by atoms with Crippen LogP contribution >= 0.6 is 11.6 Å². The van der Waals surface area contributed by atoms with Crippen molar-refractivity contribution in [2.45, 2.75) is 18.8 Å². The van der Waals surface area contributed by atoms with Crippen molar-refractivity contribution < 1.29 is 22.7 Å². The number of carbonyl (C=O) groups excluding carboxylic acids is 1. The molecule has 0 aromatic heterocycles. The number of nitrogens with zero attached hydrogens (tertiary/aromatic N) is 2. The summed E-state index contributed by atoms with van der Waals surface area (Å²) in [5, 5.41) is 6.07. The van der Waals surface area contributed by atoms with E-state index in [9.17, 15) is 18.0 Å². The number of halogens is 4. The summed E-state index contributed by atoms with van der Waals surface area (Å²) in [6.45, 7) is 1.37. The summed E-state index contributed by atoms with van der Waals surface area (Å²) in [5.74, 6) is -0.352. The summed E-state index contributed by atoms with van der Waals surface area (Å²) < 4.78 is 40.4. The minimum Gasteiger partial charge on any atom is -0.406 e. The monoisotopic (exact) mass is 440 g/mol. The predicted molar refractivity (Wildman–Crippen MR) is 111 cm³/mol. The first kappa shape index (κ1) is 21.8. The Hall–Kier alpha value is -2.94. The van der Waals surface area contributed by atoms with Gasteiger partial charge < -0.3 is 20.3 Å². The lowest BCUT2D eigenvalue weighted by molar-refractivity contribution is -0.274. The standard InChI is InChI=1S/C20H20ClF3N4O2/c1-25-11-13-2-5-16(10-18(13)21)28-9-8-15(12-28)27-19(29)26-14-3-6-17(7-4-14)30-20(22,23)24/h2-7,10-11,15H,8-9,12H2,1H3,(H2,26,27,29)/t15-/m1/s1. The molecule has 1 fully saturated rings. The lowest BCUT2D eigenvalue weighted by Gasteiger charge is -2.20. The number of nitrogens with one attached hydrogen (secondary N) is 2. The van der Waals surface area contributed by atoms with E-state index in [1.165, 1.54) is 12.1 Å².